The summed E-state index contributed by atoms with van der Waals surface area (Å²) in [7, 11) is 0. The summed E-state index contributed by atoms with van der Waals surface area (Å²) in [6.45, 7) is 3.97. The van der Waals surface area contributed by atoms with E-state index in [-0.39, 0.29) is 5.91 Å². The van der Waals surface area contributed by atoms with Crippen LogP contribution >= 0.6 is 0 Å². The first kappa shape index (κ1) is 11.9. The third kappa shape index (κ3) is 3.21. The lowest BCUT2D eigenvalue weighted by Gasteiger charge is -2.41. The third-order valence-corrected chi connectivity index (χ3v) is 4.19. The van der Waals surface area contributed by atoms with E-state index in [0.717, 1.165) is 13.1 Å². The molecular formula is C13H24N2O. The van der Waals surface area contributed by atoms with E-state index in [0.29, 0.717) is 17.9 Å². The molecule has 2 fully saturated rings. The SMILES string of the molecule is CCC1(CNC(=O)CCNC2CC2)CCC1. The molecule has 0 heterocycles. The van der Waals surface area contributed by atoms with Gasteiger partial charge >= 0.3 is 0 Å². The standard InChI is InChI=1S/C13H24N2O/c1-2-13(7-3-8-13)10-15-12(16)6-9-14-11-4-5-11/h11,14H,2-10H2,1H3,(H,15,16). The highest BCUT2D eigenvalue weighted by atomic mass is 16.1. The van der Waals surface area contributed by atoms with Crippen molar-refractivity contribution in [1.29, 1.82) is 0 Å². The van der Waals surface area contributed by atoms with Crippen LogP contribution in [0.2, 0.25) is 0 Å². The first-order valence-corrected chi connectivity index (χ1v) is 6.74. The van der Waals surface area contributed by atoms with E-state index >= 15 is 0 Å². The average molecular weight is 224 g/mol. The summed E-state index contributed by atoms with van der Waals surface area (Å²) in [5.74, 6) is 0.216. The normalized spacial score (nSPS) is 22.6. The van der Waals surface area contributed by atoms with Crippen LogP contribution in [0.5, 0.6) is 0 Å². The van der Waals surface area contributed by atoms with Crippen LogP contribution in [0, 0.1) is 5.41 Å². The Hall–Kier alpha value is -0.570. The van der Waals surface area contributed by atoms with Gasteiger partial charge in [-0.25, -0.2) is 0 Å². The van der Waals surface area contributed by atoms with Gasteiger partial charge in [-0.05, 0) is 37.5 Å². The summed E-state index contributed by atoms with van der Waals surface area (Å²) < 4.78 is 0. The molecule has 0 bridgehead atoms. The lowest BCUT2D eigenvalue weighted by Crippen LogP contribution is -2.42. The van der Waals surface area contributed by atoms with Crippen LogP contribution in [0.1, 0.15) is 51.9 Å². The maximum atomic E-state index is 11.6. The Morgan fingerprint density at radius 1 is 1.38 bits per heavy atom. The van der Waals surface area contributed by atoms with Crippen LogP contribution < -0.4 is 10.6 Å². The van der Waals surface area contributed by atoms with Gasteiger partial charge in [-0.15, -0.1) is 0 Å². The summed E-state index contributed by atoms with van der Waals surface area (Å²) in [4.78, 5) is 11.6. The molecular weight excluding hydrogens is 200 g/mol. The maximum absolute atomic E-state index is 11.6. The topological polar surface area (TPSA) is 41.1 Å². The largest absolute Gasteiger partial charge is 0.356 e. The first-order valence-electron chi connectivity index (χ1n) is 6.74. The van der Waals surface area contributed by atoms with E-state index in [1.165, 1.54) is 38.5 Å². The predicted molar refractivity (Wildman–Crippen MR) is 65.2 cm³/mol. The van der Waals surface area contributed by atoms with Crippen molar-refractivity contribution in [2.24, 2.45) is 5.41 Å². The van der Waals surface area contributed by atoms with Gasteiger partial charge in [0.1, 0.15) is 0 Å². The number of nitrogens with one attached hydrogen (secondary N) is 2. The van der Waals surface area contributed by atoms with E-state index in [1.54, 1.807) is 0 Å². The molecule has 0 saturated heterocycles. The fraction of sp³-hybridized carbons (Fsp3) is 0.923. The molecule has 0 aromatic heterocycles. The Morgan fingerprint density at radius 3 is 2.62 bits per heavy atom. The molecule has 2 N–H and O–H groups in total. The maximum Gasteiger partial charge on any atom is 0.221 e. The molecule has 0 aromatic rings. The van der Waals surface area contributed by atoms with Gasteiger partial charge in [-0.3, -0.25) is 4.79 Å². The van der Waals surface area contributed by atoms with Crippen LogP contribution in [0.15, 0.2) is 0 Å². The Kier molecular flexibility index (Phi) is 3.85. The molecule has 2 aliphatic rings. The van der Waals surface area contributed by atoms with Crippen LogP contribution in [0.4, 0.5) is 0 Å². The zero-order valence-corrected chi connectivity index (χ0v) is 10.3. The van der Waals surface area contributed by atoms with Crippen molar-refractivity contribution in [1.82, 2.24) is 10.6 Å². The minimum absolute atomic E-state index is 0.216. The second-order valence-electron chi connectivity index (χ2n) is 5.46. The van der Waals surface area contributed by atoms with Crippen molar-refractivity contribution < 1.29 is 4.79 Å². The lowest BCUT2D eigenvalue weighted by molar-refractivity contribution is -0.121. The van der Waals surface area contributed by atoms with Crippen molar-refractivity contribution >= 4 is 5.91 Å². The van der Waals surface area contributed by atoms with E-state index < -0.39 is 0 Å². The van der Waals surface area contributed by atoms with E-state index in [9.17, 15) is 4.79 Å². The average Bonchev–Trinajstić information content (AvgIpc) is 3.01. The zero-order chi connectivity index (χ0) is 11.4. The van der Waals surface area contributed by atoms with Crippen LogP contribution in [-0.4, -0.2) is 25.0 Å². The Morgan fingerprint density at radius 2 is 2.12 bits per heavy atom. The van der Waals surface area contributed by atoms with Crippen LogP contribution in [0.25, 0.3) is 0 Å². The molecule has 92 valence electrons. The smallest absolute Gasteiger partial charge is 0.221 e. The van der Waals surface area contributed by atoms with Crippen LogP contribution in [0.3, 0.4) is 0 Å². The number of hydrogen-bond donors (Lipinski definition) is 2. The van der Waals surface area contributed by atoms with Crippen molar-refractivity contribution in [2.45, 2.75) is 57.9 Å². The summed E-state index contributed by atoms with van der Waals surface area (Å²) in [5, 5.41) is 6.46. The van der Waals surface area contributed by atoms with Gasteiger partial charge in [0, 0.05) is 25.6 Å². The van der Waals surface area contributed by atoms with Crippen molar-refractivity contribution in [3.63, 3.8) is 0 Å². The highest BCUT2D eigenvalue weighted by molar-refractivity contribution is 5.76. The third-order valence-electron chi connectivity index (χ3n) is 4.19. The monoisotopic (exact) mass is 224 g/mol. The minimum Gasteiger partial charge on any atom is -0.356 e. The van der Waals surface area contributed by atoms with Gasteiger partial charge in [-0.1, -0.05) is 13.3 Å². The number of rotatable bonds is 7. The molecule has 0 radical (unpaired) electrons. The van der Waals surface area contributed by atoms with E-state index in [1.807, 2.05) is 0 Å². The Labute approximate surface area is 98.4 Å². The molecule has 3 nitrogen and oxygen atoms in total. The number of hydrogen-bond acceptors (Lipinski definition) is 2. The number of amides is 1. The fourth-order valence-corrected chi connectivity index (χ4v) is 2.38. The molecule has 2 saturated carbocycles. The van der Waals surface area contributed by atoms with Crippen LogP contribution in [-0.2, 0) is 4.79 Å². The summed E-state index contributed by atoms with van der Waals surface area (Å²) in [6.07, 6.45) is 8.35. The molecule has 1 amide bonds. The Balaban J connectivity index is 1.55. The molecule has 0 unspecified atom stereocenters. The number of carbonyl (C=O) groups excluding carboxylic acids is 1. The van der Waals surface area contributed by atoms with Crippen molar-refractivity contribution in [3.05, 3.63) is 0 Å². The van der Waals surface area contributed by atoms with Gasteiger partial charge in [0.2, 0.25) is 5.91 Å². The summed E-state index contributed by atoms with van der Waals surface area (Å²) >= 11 is 0. The lowest BCUT2D eigenvalue weighted by atomic mass is 9.67. The van der Waals surface area contributed by atoms with Crippen molar-refractivity contribution in [2.75, 3.05) is 13.1 Å². The number of carbonyl (C=O) groups is 1. The second-order valence-corrected chi connectivity index (χ2v) is 5.46. The molecule has 2 aliphatic carbocycles. The predicted octanol–water partition coefficient (Wildman–Crippen LogP) is 1.82. The van der Waals surface area contributed by atoms with E-state index in [4.69, 9.17) is 0 Å². The zero-order valence-electron chi connectivity index (χ0n) is 10.3. The summed E-state index contributed by atoms with van der Waals surface area (Å²) in [6, 6.07) is 0.710. The second kappa shape index (κ2) is 5.17. The van der Waals surface area contributed by atoms with Gasteiger partial charge in [-0.2, -0.15) is 0 Å². The van der Waals surface area contributed by atoms with Gasteiger partial charge in [0.15, 0.2) is 0 Å². The highest BCUT2D eigenvalue weighted by Gasteiger charge is 2.35. The van der Waals surface area contributed by atoms with E-state index in [2.05, 4.69) is 17.6 Å². The van der Waals surface area contributed by atoms with Gasteiger partial charge in [0.05, 0.1) is 0 Å². The molecule has 2 rings (SSSR count). The Bertz CT molecular complexity index is 239. The van der Waals surface area contributed by atoms with Gasteiger partial charge in [0.25, 0.3) is 0 Å². The molecule has 0 spiro atoms. The first-order chi connectivity index (χ1) is 7.74. The minimum atomic E-state index is 0.216. The quantitative estimate of drug-likeness (QED) is 0.692. The molecule has 3 heteroatoms. The van der Waals surface area contributed by atoms with Gasteiger partial charge < -0.3 is 10.6 Å². The molecule has 16 heavy (non-hydrogen) atoms. The molecule has 0 aliphatic heterocycles. The van der Waals surface area contributed by atoms with Crippen molar-refractivity contribution in [3.8, 4) is 0 Å². The molecule has 0 atom stereocenters. The summed E-state index contributed by atoms with van der Waals surface area (Å²) in [5.41, 5.74) is 0.444. The molecule has 0 aromatic carbocycles. The fourth-order valence-electron chi connectivity index (χ4n) is 2.38. The highest BCUT2D eigenvalue weighted by Crippen LogP contribution is 2.42.